The molecular weight excluding hydrogens is 264 g/mol. The molecule has 1 saturated heterocycles. The lowest BCUT2D eigenvalue weighted by atomic mass is 9.96. The minimum Gasteiger partial charge on any atom is -0.340 e. The summed E-state index contributed by atoms with van der Waals surface area (Å²) in [5.74, 6) is -0.101. The number of nitrogens with one attached hydrogen (secondary N) is 1. The second kappa shape index (κ2) is 4.86. The van der Waals surface area contributed by atoms with E-state index in [2.05, 4.69) is 23.5 Å². The van der Waals surface area contributed by atoms with Gasteiger partial charge in [0.1, 0.15) is 11.6 Å². The maximum Gasteiger partial charge on any atom is 0.248 e. The summed E-state index contributed by atoms with van der Waals surface area (Å²) in [5, 5.41) is 2.78. The van der Waals surface area contributed by atoms with Gasteiger partial charge >= 0.3 is 0 Å². The van der Waals surface area contributed by atoms with Gasteiger partial charge in [0.05, 0.1) is 0 Å². The van der Waals surface area contributed by atoms with Crippen molar-refractivity contribution in [3.05, 3.63) is 34.9 Å². The molecule has 1 aromatic rings. The van der Waals surface area contributed by atoms with E-state index in [1.807, 2.05) is 0 Å². The molecule has 1 aliphatic heterocycles. The lowest BCUT2D eigenvalue weighted by Gasteiger charge is -2.41. The number of benzene rings is 1. The monoisotopic (exact) mass is 286 g/mol. The fourth-order valence-electron chi connectivity index (χ4n) is 3.27. The fraction of sp³-hybridized carbons (Fsp3) is 0.529. The van der Waals surface area contributed by atoms with Gasteiger partial charge in [0, 0.05) is 6.54 Å². The predicted octanol–water partition coefficient (Wildman–Crippen LogP) is 1.80. The molecule has 1 atom stereocenters. The molecule has 1 unspecified atom stereocenters. The highest BCUT2D eigenvalue weighted by Crippen LogP contribution is 2.25. The number of nitrogens with zero attached hydrogens (tertiary/aromatic N) is 1. The van der Waals surface area contributed by atoms with Crippen molar-refractivity contribution in [3.8, 4) is 0 Å². The van der Waals surface area contributed by atoms with E-state index in [9.17, 15) is 9.59 Å². The molecule has 4 nitrogen and oxygen atoms in total. The first kappa shape index (κ1) is 14.1. The Labute approximate surface area is 125 Å². The zero-order valence-electron chi connectivity index (χ0n) is 12.9. The Morgan fingerprint density at radius 2 is 1.95 bits per heavy atom. The van der Waals surface area contributed by atoms with Gasteiger partial charge in [-0.1, -0.05) is 18.2 Å². The Morgan fingerprint density at radius 3 is 2.71 bits per heavy atom. The highest BCUT2D eigenvalue weighted by Gasteiger charge is 2.43. The molecular formula is C17H22N2O2. The molecule has 112 valence electrons. The number of carbonyl (C=O) groups is 2. The number of fused-ring (bicyclic) bond motifs is 1. The molecule has 0 bridgehead atoms. The molecule has 1 aliphatic carbocycles. The number of rotatable bonds is 2. The second-order valence-electron chi connectivity index (χ2n) is 6.68. The van der Waals surface area contributed by atoms with Crippen LogP contribution in [0, 0.1) is 0 Å². The summed E-state index contributed by atoms with van der Waals surface area (Å²) in [4.78, 5) is 26.3. The van der Waals surface area contributed by atoms with Crippen molar-refractivity contribution in [2.75, 3.05) is 0 Å². The van der Waals surface area contributed by atoms with Crippen LogP contribution in [0.25, 0.3) is 0 Å². The summed E-state index contributed by atoms with van der Waals surface area (Å²) in [5.41, 5.74) is 3.12. The smallest absolute Gasteiger partial charge is 0.248 e. The largest absolute Gasteiger partial charge is 0.340 e. The number of carbonyl (C=O) groups excluding carboxylic acids is 2. The van der Waals surface area contributed by atoms with Gasteiger partial charge in [0.25, 0.3) is 0 Å². The van der Waals surface area contributed by atoms with Crippen LogP contribution in [0.3, 0.4) is 0 Å². The van der Waals surface area contributed by atoms with Gasteiger partial charge in [-0.05, 0) is 56.7 Å². The van der Waals surface area contributed by atoms with Gasteiger partial charge in [-0.15, -0.1) is 0 Å². The highest BCUT2D eigenvalue weighted by molar-refractivity contribution is 5.99. The molecule has 1 aromatic carbocycles. The van der Waals surface area contributed by atoms with E-state index in [1.54, 1.807) is 25.7 Å². The maximum absolute atomic E-state index is 12.6. The van der Waals surface area contributed by atoms with Gasteiger partial charge in [-0.3, -0.25) is 9.59 Å². The van der Waals surface area contributed by atoms with Crippen LogP contribution in [0.15, 0.2) is 18.2 Å². The molecule has 2 aliphatic rings. The number of amides is 2. The van der Waals surface area contributed by atoms with Crippen molar-refractivity contribution in [3.63, 3.8) is 0 Å². The summed E-state index contributed by atoms with van der Waals surface area (Å²) in [6, 6.07) is 6.03. The average molecular weight is 286 g/mol. The van der Waals surface area contributed by atoms with E-state index >= 15 is 0 Å². The molecule has 1 heterocycles. The van der Waals surface area contributed by atoms with Crippen LogP contribution in [0.5, 0.6) is 0 Å². The van der Waals surface area contributed by atoms with Gasteiger partial charge in [0.15, 0.2) is 0 Å². The second-order valence-corrected chi connectivity index (χ2v) is 6.68. The molecule has 2 amide bonds. The van der Waals surface area contributed by atoms with E-state index in [-0.39, 0.29) is 11.8 Å². The number of hydrogen-bond donors (Lipinski definition) is 1. The third-order valence-corrected chi connectivity index (χ3v) is 4.59. The maximum atomic E-state index is 12.6. The topological polar surface area (TPSA) is 49.4 Å². The average Bonchev–Trinajstić information content (AvgIpc) is 2.88. The fourth-order valence-corrected chi connectivity index (χ4v) is 3.27. The van der Waals surface area contributed by atoms with E-state index in [0.29, 0.717) is 6.54 Å². The van der Waals surface area contributed by atoms with Gasteiger partial charge < -0.3 is 10.2 Å². The van der Waals surface area contributed by atoms with Crippen molar-refractivity contribution in [2.45, 2.75) is 58.2 Å². The first-order valence-corrected chi connectivity index (χ1v) is 7.62. The Bertz CT molecular complexity index is 607. The first-order valence-electron chi connectivity index (χ1n) is 7.62. The normalized spacial score (nSPS) is 24.0. The van der Waals surface area contributed by atoms with Crippen molar-refractivity contribution >= 4 is 11.8 Å². The third-order valence-electron chi connectivity index (χ3n) is 4.59. The van der Waals surface area contributed by atoms with Crippen LogP contribution in [-0.4, -0.2) is 28.3 Å². The van der Waals surface area contributed by atoms with E-state index < -0.39 is 11.6 Å². The summed E-state index contributed by atoms with van der Waals surface area (Å²) in [7, 11) is 0. The summed E-state index contributed by atoms with van der Waals surface area (Å²) < 4.78 is 0. The van der Waals surface area contributed by atoms with Crippen molar-refractivity contribution < 1.29 is 9.59 Å². The first-order chi connectivity index (χ1) is 9.88. The minimum absolute atomic E-state index is 0.0184. The highest BCUT2D eigenvalue weighted by atomic mass is 16.2. The molecule has 0 radical (unpaired) electrons. The zero-order chi connectivity index (χ0) is 15.2. The van der Waals surface area contributed by atoms with Crippen LogP contribution in [0.2, 0.25) is 0 Å². The Morgan fingerprint density at radius 1 is 1.24 bits per heavy atom. The van der Waals surface area contributed by atoms with Crippen molar-refractivity contribution in [1.82, 2.24) is 10.2 Å². The van der Waals surface area contributed by atoms with Crippen LogP contribution >= 0.6 is 0 Å². The van der Waals surface area contributed by atoms with Crippen LogP contribution in [0.1, 0.15) is 43.9 Å². The van der Waals surface area contributed by atoms with Crippen molar-refractivity contribution in [1.29, 1.82) is 0 Å². The standard InChI is InChI=1S/C17H22N2O2/c1-11-15(20)18-17(2,3)16(21)19(11)10-12-7-8-13-5-4-6-14(13)9-12/h7-9,11H,4-6,10H2,1-3H3,(H,18,20). The van der Waals surface area contributed by atoms with E-state index in [1.165, 1.54) is 17.5 Å². The Balaban J connectivity index is 1.85. The van der Waals surface area contributed by atoms with Gasteiger partial charge in [0.2, 0.25) is 11.8 Å². The Hall–Kier alpha value is -1.84. The van der Waals surface area contributed by atoms with E-state index in [4.69, 9.17) is 0 Å². The molecule has 0 saturated carbocycles. The molecule has 1 N–H and O–H groups in total. The van der Waals surface area contributed by atoms with Crippen LogP contribution in [0.4, 0.5) is 0 Å². The molecule has 3 rings (SSSR count). The minimum atomic E-state index is -0.819. The van der Waals surface area contributed by atoms with Crippen molar-refractivity contribution in [2.24, 2.45) is 0 Å². The number of piperazine rings is 1. The SMILES string of the molecule is CC1C(=O)NC(C)(C)C(=O)N1Cc1ccc2c(c1)CCC2. The summed E-state index contributed by atoms with van der Waals surface area (Å²) >= 11 is 0. The lowest BCUT2D eigenvalue weighted by molar-refractivity contribution is -0.153. The third kappa shape index (κ3) is 2.43. The zero-order valence-corrected chi connectivity index (χ0v) is 12.9. The van der Waals surface area contributed by atoms with Gasteiger partial charge in [-0.25, -0.2) is 0 Å². The van der Waals surface area contributed by atoms with Crippen LogP contribution in [-0.2, 0) is 29.0 Å². The predicted molar refractivity (Wildman–Crippen MR) is 80.7 cm³/mol. The van der Waals surface area contributed by atoms with E-state index in [0.717, 1.165) is 18.4 Å². The molecule has 0 aromatic heterocycles. The number of aryl methyl sites for hydroxylation is 2. The summed E-state index contributed by atoms with van der Waals surface area (Å²) in [6.07, 6.45) is 3.50. The Kier molecular flexibility index (Phi) is 3.27. The van der Waals surface area contributed by atoms with Crippen LogP contribution < -0.4 is 5.32 Å². The molecule has 1 fully saturated rings. The van der Waals surface area contributed by atoms with Gasteiger partial charge in [-0.2, -0.15) is 0 Å². The number of hydrogen-bond acceptors (Lipinski definition) is 2. The quantitative estimate of drug-likeness (QED) is 0.901. The molecule has 21 heavy (non-hydrogen) atoms. The molecule has 0 spiro atoms. The summed E-state index contributed by atoms with van der Waals surface area (Å²) in [6.45, 7) is 5.81. The lowest BCUT2D eigenvalue weighted by Crippen LogP contribution is -2.66. The molecule has 4 heteroatoms.